The maximum atomic E-state index is 11.4. The minimum Gasteiger partial charge on any atom is -0.505 e. The van der Waals surface area contributed by atoms with E-state index in [1.807, 2.05) is 6.07 Å². The second kappa shape index (κ2) is 7.99. The maximum absolute atomic E-state index is 11.4. The van der Waals surface area contributed by atoms with Gasteiger partial charge in [-0.25, -0.2) is 10.0 Å². The summed E-state index contributed by atoms with van der Waals surface area (Å²) in [6, 6.07) is 3.92. The lowest BCUT2D eigenvalue weighted by molar-refractivity contribution is -0.114. The van der Waals surface area contributed by atoms with E-state index in [0.717, 1.165) is 38.2 Å². The zero-order valence-electron chi connectivity index (χ0n) is 15.6. The molecule has 1 amide bonds. The highest BCUT2D eigenvalue weighted by molar-refractivity contribution is 5.90. The number of hydrogen-bond donors (Lipinski definition) is 2. The van der Waals surface area contributed by atoms with Gasteiger partial charge in [-0.3, -0.25) is 4.79 Å². The molecule has 134 valence electrons. The van der Waals surface area contributed by atoms with Crippen LogP contribution in [0.4, 0.5) is 5.69 Å². The summed E-state index contributed by atoms with van der Waals surface area (Å²) in [6.07, 6.45) is 0.809. The topological polar surface area (TPSA) is 55.8 Å². The van der Waals surface area contributed by atoms with E-state index in [1.54, 1.807) is 0 Å². The summed E-state index contributed by atoms with van der Waals surface area (Å²) in [5.41, 5.74) is 2.71. The first-order chi connectivity index (χ1) is 11.4. The van der Waals surface area contributed by atoms with Gasteiger partial charge in [0, 0.05) is 39.0 Å². The van der Waals surface area contributed by atoms with E-state index in [4.69, 9.17) is 0 Å². The van der Waals surface area contributed by atoms with Crippen LogP contribution in [0.2, 0.25) is 0 Å². The molecule has 2 rings (SSSR count). The molecule has 0 radical (unpaired) electrons. The lowest BCUT2D eigenvalue weighted by atomic mass is 9.89. The van der Waals surface area contributed by atoms with Crippen LogP contribution < -0.4 is 5.32 Å². The van der Waals surface area contributed by atoms with Gasteiger partial charge in [0.1, 0.15) is 5.75 Å². The number of likely N-dealkylation sites (N-methyl/N-ethyl adjacent to an activating group) is 2. The van der Waals surface area contributed by atoms with Crippen molar-refractivity contribution in [3.63, 3.8) is 0 Å². The number of carbonyl (C=O) groups is 1. The molecule has 0 unspecified atom stereocenters. The summed E-state index contributed by atoms with van der Waals surface area (Å²) in [6.45, 7) is 14.1. The Kier molecular flexibility index (Phi) is 6.24. The first kappa shape index (κ1) is 18.7. The number of hydrazine groups is 1. The van der Waals surface area contributed by atoms with Crippen LogP contribution in [-0.2, 0) is 11.2 Å². The standard InChI is InChI=1S/C19H31N3O2/c1-6-21-11-15(12-22(21)7-2)16-8-9-18(20-14(5)23)19(24)17(16)10-13(3)4/h8-9,13,15,24H,6-7,10-12H2,1-5H3,(H,20,23). The lowest BCUT2D eigenvalue weighted by Gasteiger charge is -2.24. The number of nitrogens with zero attached hydrogens (tertiary/aromatic N) is 2. The Hall–Kier alpha value is -1.59. The molecular formula is C19H31N3O2. The van der Waals surface area contributed by atoms with E-state index in [-0.39, 0.29) is 11.7 Å². The molecule has 0 aromatic heterocycles. The molecule has 24 heavy (non-hydrogen) atoms. The maximum Gasteiger partial charge on any atom is 0.221 e. The number of phenols is 1. The van der Waals surface area contributed by atoms with E-state index in [1.165, 1.54) is 12.5 Å². The van der Waals surface area contributed by atoms with E-state index < -0.39 is 0 Å². The number of phenolic OH excluding ortho intramolecular Hbond substituents is 1. The monoisotopic (exact) mass is 333 g/mol. The predicted molar refractivity (Wildman–Crippen MR) is 98.2 cm³/mol. The van der Waals surface area contributed by atoms with Crippen LogP contribution in [0, 0.1) is 5.92 Å². The Morgan fingerprint density at radius 2 is 1.83 bits per heavy atom. The normalized spacial score (nSPS) is 16.9. The van der Waals surface area contributed by atoms with E-state index >= 15 is 0 Å². The summed E-state index contributed by atoms with van der Waals surface area (Å²) in [5.74, 6) is 0.891. The highest BCUT2D eigenvalue weighted by Gasteiger charge is 2.31. The SMILES string of the molecule is CCN1CC(c2ccc(NC(C)=O)c(O)c2CC(C)C)CN1CC. The van der Waals surface area contributed by atoms with Crippen LogP contribution in [0.5, 0.6) is 5.75 Å². The Balaban J connectivity index is 2.38. The average molecular weight is 333 g/mol. The van der Waals surface area contributed by atoms with Crippen molar-refractivity contribution < 1.29 is 9.90 Å². The summed E-state index contributed by atoms with van der Waals surface area (Å²) < 4.78 is 0. The van der Waals surface area contributed by atoms with Gasteiger partial charge < -0.3 is 10.4 Å². The van der Waals surface area contributed by atoms with Gasteiger partial charge in [-0.05, 0) is 29.5 Å². The van der Waals surface area contributed by atoms with Gasteiger partial charge in [-0.15, -0.1) is 0 Å². The fraction of sp³-hybridized carbons (Fsp3) is 0.632. The van der Waals surface area contributed by atoms with Crippen molar-refractivity contribution in [2.24, 2.45) is 5.92 Å². The summed E-state index contributed by atoms with van der Waals surface area (Å²) >= 11 is 0. The van der Waals surface area contributed by atoms with E-state index in [9.17, 15) is 9.90 Å². The van der Waals surface area contributed by atoms with Gasteiger partial charge >= 0.3 is 0 Å². The Labute approximate surface area is 145 Å². The second-order valence-electron chi connectivity index (χ2n) is 7.02. The predicted octanol–water partition coefficient (Wildman–Crippen LogP) is 3.21. The number of amides is 1. The van der Waals surface area contributed by atoms with Crippen LogP contribution in [-0.4, -0.2) is 47.2 Å². The Morgan fingerprint density at radius 1 is 1.25 bits per heavy atom. The molecule has 1 fully saturated rings. The molecule has 0 spiro atoms. The molecule has 1 saturated heterocycles. The molecule has 0 bridgehead atoms. The summed E-state index contributed by atoms with van der Waals surface area (Å²) in [7, 11) is 0. The van der Waals surface area contributed by atoms with Crippen LogP contribution in [0.25, 0.3) is 0 Å². The largest absolute Gasteiger partial charge is 0.505 e. The molecule has 0 atom stereocenters. The van der Waals surface area contributed by atoms with Crippen LogP contribution >= 0.6 is 0 Å². The lowest BCUT2D eigenvalue weighted by Crippen LogP contribution is -2.35. The number of nitrogens with one attached hydrogen (secondary N) is 1. The molecule has 0 saturated carbocycles. The molecule has 0 aliphatic carbocycles. The number of hydrogen-bond acceptors (Lipinski definition) is 4. The van der Waals surface area contributed by atoms with E-state index in [2.05, 4.69) is 49.1 Å². The van der Waals surface area contributed by atoms with Crippen molar-refractivity contribution in [1.29, 1.82) is 0 Å². The zero-order valence-corrected chi connectivity index (χ0v) is 15.6. The molecule has 1 aliphatic rings. The zero-order chi connectivity index (χ0) is 17.9. The van der Waals surface area contributed by atoms with Crippen molar-refractivity contribution in [3.05, 3.63) is 23.3 Å². The summed E-state index contributed by atoms with van der Waals surface area (Å²) in [5, 5.41) is 18.2. The summed E-state index contributed by atoms with van der Waals surface area (Å²) in [4.78, 5) is 11.4. The van der Waals surface area contributed by atoms with Crippen molar-refractivity contribution in [3.8, 4) is 5.75 Å². The van der Waals surface area contributed by atoms with Crippen LogP contribution in [0.1, 0.15) is 51.7 Å². The smallest absolute Gasteiger partial charge is 0.221 e. The fourth-order valence-electron chi connectivity index (χ4n) is 3.60. The minimum atomic E-state index is -0.163. The minimum absolute atomic E-state index is 0.163. The first-order valence-corrected chi connectivity index (χ1v) is 8.99. The Morgan fingerprint density at radius 3 is 2.29 bits per heavy atom. The third kappa shape index (κ3) is 4.08. The molecule has 5 nitrogen and oxygen atoms in total. The molecule has 2 N–H and O–H groups in total. The quantitative estimate of drug-likeness (QED) is 0.785. The van der Waals surface area contributed by atoms with Gasteiger partial charge in [0.2, 0.25) is 5.91 Å². The fourth-order valence-corrected chi connectivity index (χ4v) is 3.60. The third-order valence-corrected chi connectivity index (χ3v) is 4.67. The van der Waals surface area contributed by atoms with Gasteiger partial charge in [0.05, 0.1) is 5.69 Å². The van der Waals surface area contributed by atoms with Crippen LogP contribution in [0.15, 0.2) is 12.1 Å². The second-order valence-corrected chi connectivity index (χ2v) is 7.02. The molecular weight excluding hydrogens is 302 g/mol. The number of aromatic hydroxyl groups is 1. The molecule has 1 aliphatic heterocycles. The first-order valence-electron chi connectivity index (χ1n) is 8.99. The van der Waals surface area contributed by atoms with Gasteiger partial charge in [0.25, 0.3) is 0 Å². The van der Waals surface area contributed by atoms with Gasteiger partial charge in [0.15, 0.2) is 0 Å². The van der Waals surface area contributed by atoms with Crippen molar-refractivity contribution in [2.75, 3.05) is 31.5 Å². The van der Waals surface area contributed by atoms with Gasteiger partial charge in [-0.1, -0.05) is 33.8 Å². The average Bonchev–Trinajstić information content (AvgIpc) is 2.93. The van der Waals surface area contributed by atoms with E-state index in [0.29, 0.717) is 17.5 Å². The molecule has 1 heterocycles. The molecule has 1 aromatic rings. The highest BCUT2D eigenvalue weighted by Crippen LogP contribution is 2.38. The molecule has 1 aromatic carbocycles. The Bertz CT molecular complexity index is 574. The number of anilines is 1. The van der Waals surface area contributed by atoms with Crippen molar-refractivity contribution >= 4 is 11.6 Å². The highest BCUT2D eigenvalue weighted by atomic mass is 16.3. The number of rotatable bonds is 6. The number of carbonyl (C=O) groups excluding carboxylic acids is 1. The van der Waals surface area contributed by atoms with Crippen LogP contribution in [0.3, 0.4) is 0 Å². The van der Waals surface area contributed by atoms with Crippen molar-refractivity contribution in [1.82, 2.24) is 10.0 Å². The third-order valence-electron chi connectivity index (χ3n) is 4.67. The van der Waals surface area contributed by atoms with Crippen molar-refractivity contribution in [2.45, 2.75) is 47.0 Å². The number of benzene rings is 1. The molecule has 5 heteroatoms. The van der Waals surface area contributed by atoms with Gasteiger partial charge in [-0.2, -0.15) is 0 Å².